The summed E-state index contributed by atoms with van der Waals surface area (Å²) in [6.45, 7) is 4.33. The van der Waals surface area contributed by atoms with E-state index in [-0.39, 0.29) is 30.7 Å². The van der Waals surface area contributed by atoms with Crippen molar-refractivity contribution in [2.24, 2.45) is 5.92 Å². The number of fused-ring (bicyclic) bond motifs is 2. The maximum absolute atomic E-state index is 12.4. The highest BCUT2D eigenvalue weighted by atomic mass is 35.5. The zero-order valence-electron chi connectivity index (χ0n) is 15.3. The van der Waals surface area contributed by atoms with Crippen molar-refractivity contribution >= 4 is 42.1 Å². The summed E-state index contributed by atoms with van der Waals surface area (Å²) in [5.41, 5.74) is 2.04. The Kier molecular flexibility index (Phi) is 8.52. The minimum atomic E-state index is 0. The van der Waals surface area contributed by atoms with E-state index >= 15 is 0 Å². The topological polar surface area (TPSA) is 44.4 Å². The first-order chi connectivity index (χ1) is 11.0. The SMILES string of the molecule is CC(C)N(C)c1cccc(NC(=O)CC2CC3CCC(C2)N3)c1.Cl.Cl. The lowest BCUT2D eigenvalue weighted by Gasteiger charge is -2.28. The van der Waals surface area contributed by atoms with Crippen molar-refractivity contribution in [3.63, 3.8) is 0 Å². The number of nitrogens with one attached hydrogen (secondary N) is 2. The van der Waals surface area contributed by atoms with Crippen LogP contribution in [0.1, 0.15) is 46.0 Å². The third-order valence-electron chi connectivity index (χ3n) is 5.36. The van der Waals surface area contributed by atoms with Crippen LogP contribution in [0, 0.1) is 5.92 Å². The van der Waals surface area contributed by atoms with Gasteiger partial charge in [0.15, 0.2) is 0 Å². The van der Waals surface area contributed by atoms with E-state index in [0.29, 0.717) is 30.5 Å². The molecule has 0 radical (unpaired) electrons. The lowest BCUT2D eigenvalue weighted by molar-refractivity contribution is -0.117. The van der Waals surface area contributed by atoms with Gasteiger partial charge in [-0.15, -0.1) is 24.8 Å². The van der Waals surface area contributed by atoms with E-state index in [0.717, 1.165) is 24.2 Å². The molecule has 4 nitrogen and oxygen atoms in total. The van der Waals surface area contributed by atoms with Crippen molar-refractivity contribution < 1.29 is 4.79 Å². The number of hydrogen-bond donors (Lipinski definition) is 2. The molecule has 2 fully saturated rings. The van der Waals surface area contributed by atoms with Crippen molar-refractivity contribution in [1.82, 2.24) is 5.32 Å². The highest BCUT2D eigenvalue weighted by Gasteiger charge is 2.34. The van der Waals surface area contributed by atoms with Gasteiger partial charge >= 0.3 is 0 Å². The molecule has 2 unspecified atom stereocenters. The van der Waals surface area contributed by atoms with Gasteiger partial charge in [-0.3, -0.25) is 4.79 Å². The molecule has 1 amide bonds. The van der Waals surface area contributed by atoms with Gasteiger partial charge in [0.2, 0.25) is 5.91 Å². The van der Waals surface area contributed by atoms with Crippen LogP contribution in [-0.2, 0) is 4.79 Å². The van der Waals surface area contributed by atoms with Gasteiger partial charge in [-0.25, -0.2) is 0 Å². The molecule has 1 aromatic rings. The summed E-state index contributed by atoms with van der Waals surface area (Å²) >= 11 is 0. The van der Waals surface area contributed by atoms with Crippen LogP contribution in [-0.4, -0.2) is 31.1 Å². The lowest BCUT2D eigenvalue weighted by Crippen LogP contribution is -2.39. The van der Waals surface area contributed by atoms with E-state index in [1.807, 2.05) is 12.1 Å². The average Bonchev–Trinajstić information content (AvgIpc) is 2.85. The van der Waals surface area contributed by atoms with Gasteiger partial charge in [-0.1, -0.05) is 6.07 Å². The number of hydrogen-bond acceptors (Lipinski definition) is 3. The van der Waals surface area contributed by atoms with E-state index in [1.165, 1.54) is 12.8 Å². The molecule has 2 heterocycles. The molecule has 6 heteroatoms. The molecule has 2 N–H and O–H groups in total. The number of nitrogens with zero attached hydrogens (tertiary/aromatic N) is 1. The Morgan fingerprint density at radius 1 is 1.24 bits per heavy atom. The maximum Gasteiger partial charge on any atom is 0.224 e. The lowest BCUT2D eigenvalue weighted by atomic mass is 9.89. The van der Waals surface area contributed by atoms with Gasteiger partial charge in [0.1, 0.15) is 0 Å². The molecule has 1 aromatic carbocycles. The third-order valence-corrected chi connectivity index (χ3v) is 5.36. The molecule has 2 saturated heterocycles. The minimum Gasteiger partial charge on any atom is -0.372 e. The Hall–Kier alpha value is -0.970. The van der Waals surface area contributed by atoms with Gasteiger partial charge in [0.05, 0.1) is 0 Å². The Bertz CT molecular complexity index is 555. The van der Waals surface area contributed by atoms with Crippen molar-refractivity contribution in [3.8, 4) is 0 Å². The number of amides is 1. The second-order valence-electron chi connectivity index (χ2n) is 7.48. The average molecular weight is 388 g/mol. The van der Waals surface area contributed by atoms with E-state index in [2.05, 4.69) is 48.6 Å². The van der Waals surface area contributed by atoms with Crippen LogP contribution in [0.3, 0.4) is 0 Å². The first-order valence-corrected chi connectivity index (χ1v) is 8.90. The number of piperidine rings is 1. The smallest absolute Gasteiger partial charge is 0.224 e. The Labute approximate surface area is 163 Å². The first-order valence-electron chi connectivity index (χ1n) is 8.90. The van der Waals surface area contributed by atoms with Gasteiger partial charge in [-0.2, -0.15) is 0 Å². The van der Waals surface area contributed by atoms with Crippen molar-refractivity contribution in [3.05, 3.63) is 24.3 Å². The Morgan fingerprint density at radius 2 is 1.88 bits per heavy atom. The second-order valence-corrected chi connectivity index (χ2v) is 7.48. The van der Waals surface area contributed by atoms with Crippen molar-refractivity contribution in [2.45, 2.75) is 64.1 Å². The first kappa shape index (κ1) is 22.1. The number of carbonyl (C=O) groups is 1. The largest absolute Gasteiger partial charge is 0.372 e. The fourth-order valence-electron chi connectivity index (χ4n) is 3.92. The van der Waals surface area contributed by atoms with Crippen LogP contribution in [0.25, 0.3) is 0 Å². The maximum atomic E-state index is 12.4. The normalized spacial score (nSPS) is 24.2. The molecule has 3 rings (SSSR count). The van der Waals surface area contributed by atoms with Crippen LogP contribution < -0.4 is 15.5 Å². The van der Waals surface area contributed by atoms with E-state index in [1.54, 1.807) is 0 Å². The molecule has 142 valence electrons. The fourth-order valence-corrected chi connectivity index (χ4v) is 3.92. The quantitative estimate of drug-likeness (QED) is 0.793. The summed E-state index contributed by atoms with van der Waals surface area (Å²) < 4.78 is 0. The summed E-state index contributed by atoms with van der Waals surface area (Å²) in [5, 5.41) is 6.72. The summed E-state index contributed by atoms with van der Waals surface area (Å²) in [4.78, 5) is 14.6. The molecule has 0 saturated carbocycles. The summed E-state index contributed by atoms with van der Waals surface area (Å²) in [7, 11) is 2.08. The third kappa shape index (κ3) is 5.77. The van der Waals surface area contributed by atoms with Crippen LogP contribution in [0.2, 0.25) is 0 Å². The van der Waals surface area contributed by atoms with Gasteiger partial charge in [0, 0.05) is 43.0 Å². The number of anilines is 2. The molecule has 0 spiro atoms. The minimum absolute atomic E-state index is 0. The zero-order chi connectivity index (χ0) is 16.4. The Morgan fingerprint density at radius 3 is 2.48 bits per heavy atom. The highest BCUT2D eigenvalue weighted by Crippen LogP contribution is 2.33. The predicted molar refractivity (Wildman–Crippen MR) is 110 cm³/mol. The zero-order valence-corrected chi connectivity index (χ0v) is 17.0. The molecule has 0 aliphatic carbocycles. The molecular weight excluding hydrogens is 357 g/mol. The predicted octanol–water partition coefficient (Wildman–Crippen LogP) is 4.23. The van der Waals surface area contributed by atoms with Gasteiger partial charge < -0.3 is 15.5 Å². The standard InChI is InChI=1S/C19H29N3O.2ClH/c1-13(2)22(3)18-6-4-5-15(12-18)21-19(23)11-14-9-16-7-8-17(10-14)20-16;;/h4-6,12-14,16-17,20H,7-11H2,1-3H3,(H,21,23);2*1H. The van der Waals surface area contributed by atoms with Gasteiger partial charge in [-0.05, 0) is 63.6 Å². The van der Waals surface area contributed by atoms with Crippen molar-refractivity contribution in [2.75, 3.05) is 17.3 Å². The molecule has 0 aromatic heterocycles. The van der Waals surface area contributed by atoms with Crippen LogP contribution >= 0.6 is 24.8 Å². The van der Waals surface area contributed by atoms with E-state index in [4.69, 9.17) is 0 Å². The summed E-state index contributed by atoms with van der Waals surface area (Å²) in [6.07, 6.45) is 5.53. The van der Waals surface area contributed by atoms with Crippen molar-refractivity contribution in [1.29, 1.82) is 0 Å². The van der Waals surface area contributed by atoms with E-state index in [9.17, 15) is 4.79 Å². The summed E-state index contributed by atoms with van der Waals surface area (Å²) in [6, 6.07) is 9.86. The second kappa shape index (κ2) is 9.65. The molecule has 2 atom stereocenters. The number of halogens is 2. The van der Waals surface area contributed by atoms with Crippen LogP contribution in [0.5, 0.6) is 0 Å². The molecule has 2 aliphatic rings. The van der Waals surface area contributed by atoms with Crippen LogP contribution in [0.4, 0.5) is 11.4 Å². The monoisotopic (exact) mass is 387 g/mol. The van der Waals surface area contributed by atoms with E-state index < -0.39 is 0 Å². The van der Waals surface area contributed by atoms with Crippen LogP contribution in [0.15, 0.2) is 24.3 Å². The summed E-state index contributed by atoms with van der Waals surface area (Å²) in [5.74, 6) is 0.691. The molecule has 2 bridgehead atoms. The van der Waals surface area contributed by atoms with Gasteiger partial charge in [0.25, 0.3) is 0 Å². The Balaban J connectivity index is 0.00000156. The molecule has 25 heavy (non-hydrogen) atoms. The number of benzene rings is 1. The molecule has 2 aliphatic heterocycles. The fraction of sp³-hybridized carbons (Fsp3) is 0.632. The number of rotatable bonds is 5. The molecular formula is C19H31Cl2N3O. The number of carbonyl (C=O) groups excluding carboxylic acids is 1. The highest BCUT2D eigenvalue weighted by molar-refractivity contribution is 5.91.